The van der Waals surface area contributed by atoms with E-state index >= 15 is 0 Å². The molecule has 1 heterocycles. The van der Waals surface area contributed by atoms with Crippen LogP contribution in [0, 0.1) is 0 Å². The lowest BCUT2D eigenvalue weighted by atomic mass is 10.2. The number of rotatable bonds is 5. The Morgan fingerprint density at radius 1 is 1.53 bits per heavy atom. The Bertz CT molecular complexity index is 334. The molecule has 82 valence electrons. The maximum absolute atomic E-state index is 11.8. The first-order chi connectivity index (χ1) is 7.15. The van der Waals surface area contributed by atoms with Crippen LogP contribution in [0.15, 0.2) is 16.8 Å². The summed E-state index contributed by atoms with van der Waals surface area (Å²) in [5.74, 6) is -0.980. The fourth-order valence-electron chi connectivity index (χ4n) is 1.20. The second kappa shape index (κ2) is 5.50. The summed E-state index contributed by atoms with van der Waals surface area (Å²) in [5.41, 5.74) is 0.632. The van der Waals surface area contributed by atoms with Crippen molar-refractivity contribution in [1.29, 1.82) is 0 Å². The first-order valence-corrected chi connectivity index (χ1v) is 5.62. The summed E-state index contributed by atoms with van der Waals surface area (Å²) in [6.45, 7) is 2.63. The van der Waals surface area contributed by atoms with Gasteiger partial charge in [-0.25, -0.2) is 0 Å². The molecule has 1 amide bonds. The Hall–Kier alpha value is -1.36. The average molecular weight is 227 g/mol. The van der Waals surface area contributed by atoms with Gasteiger partial charge in [0.2, 0.25) is 0 Å². The van der Waals surface area contributed by atoms with Crippen molar-refractivity contribution in [2.24, 2.45) is 0 Å². The number of carboxylic acid groups (broad SMARTS) is 1. The van der Waals surface area contributed by atoms with Crippen molar-refractivity contribution in [1.82, 2.24) is 4.90 Å². The molecule has 1 rings (SSSR count). The van der Waals surface area contributed by atoms with Gasteiger partial charge in [-0.05, 0) is 18.4 Å². The second-order valence-electron chi connectivity index (χ2n) is 3.04. The molecule has 0 atom stereocenters. The van der Waals surface area contributed by atoms with E-state index < -0.39 is 5.97 Å². The molecule has 0 aliphatic heterocycles. The lowest BCUT2D eigenvalue weighted by Gasteiger charge is -2.19. The number of carboxylic acids is 1. The molecule has 1 aromatic rings. The van der Waals surface area contributed by atoms with Gasteiger partial charge in [0.25, 0.3) is 5.91 Å². The standard InChI is InChI=1S/C10H13NO3S/c1-2-11(5-3-9(12)13)10(14)8-4-6-15-7-8/h4,6-7H,2-3,5H2,1H3,(H,12,13). The van der Waals surface area contributed by atoms with Crippen LogP contribution in [0.1, 0.15) is 23.7 Å². The van der Waals surface area contributed by atoms with E-state index in [9.17, 15) is 9.59 Å². The first-order valence-electron chi connectivity index (χ1n) is 4.68. The molecule has 0 aliphatic rings. The number of aliphatic carboxylic acids is 1. The summed E-state index contributed by atoms with van der Waals surface area (Å²) < 4.78 is 0. The highest BCUT2D eigenvalue weighted by Gasteiger charge is 2.14. The van der Waals surface area contributed by atoms with Gasteiger partial charge in [-0.1, -0.05) is 0 Å². The van der Waals surface area contributed by atoms with Crippen molar-refractivity contribution >= 4 is 23.2 Å². The minimum Gasteiger partial charge on any atom is -0.481 e. The Labute approximate surface area is 92.1 Å². The van der Waals surface area contributed by atoms with E-state index in [-0.39, 0.29) is 18.9 Å². The van der Waals surface area contributed by atoms with Crippen LogP contribution < -0.4 is 0 Å². The maximum atomic E-state index is 11.8. The van der Waals surface area contributed by atoms with Crippen molar-refractivity contribution < 1.29 is 14.7 Å². The highest BCUT2D eigenvalue weighted by molar-refractivity contribution is 7.08. The molecule has 5 heteroatoms. The zero-order valence-corrected chi connectivity index (χ0v) is 9.29. The number of carbonyl (C=O) groups is 2. The predicted molar refractivity (Wildman–Crippen MR) is 58.1 cm³/mol. The molecule has 0 aromatic carbocycles. The third-order valence-corrected chi connectivity index (χ3v) is 2.72. The zero-order chi connectivity index (χ0) is 11.3. The molecule has 0 unspecified atom stereocenters. The summed E-state index contributed by atoms with van der Waals surface area (Å²) in [7, 11) is 0. The van der Waals surface area contributed by atoms with E-state index in [4.69, 9.17) is 5.11 Å². The fraction of sp³-hybridized carbons (Fsp3) is 0.400. The fourth-order valence-corrected chi connectivity index (χ4v) is 1.83. The minimum absolute atomic E-state index is 0.0102. The van der Waals surface area contributed by atoms with Crippen LogP contribution in [0.25, 0.3) is 0 Å². The number of nitrogens with zero attached hydrogens (tertiary/aromatic N) is 1. The summed E-state index contributed by atoms with van der Waals surface area (Å²) >= 11 is 1.46. The number of carbonyl (C=O) groups excluding carboxylic acids is 1. The molecule has 0 radical (unpaired) electrons. The van der Waals surface area contributed by atoms with Crippen molar-refractivity contribution in [2.75, 3.05) is 13.1 Å². The minimum atomic E-state index is -0.883. The Balaban J connectivity index is 2.59. The van der Waals surface area contributed by atoms with E-state index in [1.165, 1.54) is 16.2 Å². The van der Waals surface area contributed by atoms with Crippen molar-refractivity contribution in [3.8, 4) is 0 Å². The average Bonchev–Trinajstić information content (AvgIpc) is 2.70. The van der Waals surface area contributed by atoms with Gasteiger partial charge in [-0.15, -0.1) is 0 Å². The molecule has 1 N–H and O–H groups in total. The zero-order valence-electron chi connectivity index (χ0n) is 8.47. The lowest BCUT2D eigenvalue weighted by Crippen LogP contribution is -2.32. The molecule has 0 bridgehead atoms. The maximum Gasteiger partial charge on any atom is 0.305 e. The summed E-state index contributed by atoms with van der Waals surface area (Å²) in [4.78, 5) is 23.7. The van der Waals surface area contributed by atoms with Crippen molar-refractivity contribution in [2.45, 2.75) is 13.3 Å². The van der Waals surface area contributed by atoms with Crippen LogP contribution in [0.2, 0.25) is 0 Å². The van der Waals surface area contributed by atoms with Gasteiger partial charge in [0.1, 0.15) is 0 Å². The highest BCUT2D eigenvalue weighted by Crippen LogP contribution is 2.09. The number of amides is 1. The van der Waals surface area contributed by atoms with Crippen molar-refractivity contribution in [3.05, 3.63) is 22.4 Å². The van der Waals surface area contributed by atoms with Crippen LogP contribution in [0.3, 0.4) is 0 Å². The third-order valence-electron chi connectivity index (χ3n) is 2.03. The molecule has 1 aromatic heterocycles. The van der Waals surface area contributed by atoms with Crippen molar-refractivity contribution in [3.63, 3.8) is 0 Å². The summed E-state index contributed by atoms with van der Waals surface area (Å²) in [6.07, 6.45) is -0.0102. The lowest BCUT2D eigenvalue weighted by molar-refractivity contribution is -0.137. The Morgan fingerprint density at radius 2 is 2.27 bits per heavy atom. The normalized spacial score (nSPS) is 9.93. The van der Waals surface area contributed by atoms with E-state index in [1.807, 2.05) is 12.3 Å². The molecule has 0 saturated carbocycles. The number of hydrogen-bond acceptors (Lipinski definition) is 3. The summed E-state index contributed by atoms with van der Waals surface area (Å²) in [6, 6.07) is 1.75. The molecule has 0 saturated heterocycles. The van der Waals surface area contributed by atoms with E-state index in [0.29, 0.717) is 12.1 Å². The highest BCUT2D eigenvalue weighted by atomic mass is 32.1. The molecule has 4 nitrogen and oxygen atoms in total. The Morgan fingerprint density at radius 3 is 2.73 bits per heavy atom. The quantitative estimate of drug-likeness (QED) is 0.832. The molecule has 15 heavy (non-hydrogen) atoms. The van der Waals surface area contributed by atoms with E-state index in [0.717, 1.165) is 0 Å². The van der Waals surface area contributed by atoms with Crippen LogP contribution >= 0.6 is 11.3 Å². The van der Waals surface area contributed by atoms with Crippen LogP contribution in [0.5, 0.6) is 0 Å². The summed E-state index contributed by atoms with van der Waals surface area (Å²) in [5, 5.41) is 12.1. The van der Waals surface area contributed by atoms with Gasteiger partial charge in [-0.3, -0.25) is 9.59 Å². The largest absolute Gasteiger partial charge is 0.481 e. The van der Waals surface area contributed by atoms with Gasteiger partial charge in [0.05, 0.1) is 12.0 Å². The SMILES string of the molecule is CCN(CCC(=O)O)C(=O)c1ccsc1. The predicted octanol–water partition coefficient (Wildman–Crippen LogP) is 1.68. The Kier molecular flexibility index (Phi) is 4.30. The topological polar surface area (TPSA) is 57.6 Å². The van der Waals surface area contributed by atoms with E-state index in [1.54, 1.807) is 11.4 Å². The first kappa shape index (κ1) is 11.7. The smallest absolute Gasteiger partial charge is 0.305 e. The molecular weight excluding hydrogens is 214 g/mol. The molecular formula is C10H13NO3S. The second-order valence-corrected chi connectivity index (χ2v) is 3.82. The molecule has 0 fully saturated rings. The van der Waals surface area contributed by atoms with E-state index in [2.05, 4.69) is 0 Å². The molecule has 0 spiro atoms. The van der Waals surface area contributed by atoms with Gasteiger partial charge >= 0.3 is 5.97 Å². The van der Waals surface area contributed by atoms with Gasteiger partial charge in [0.15, 0.2) is 0 Å². The van der Waals surface area contributed by atoms with Crippen LogP contribution in [-0.2, 0) is 4.79 Å². The van der Waals surface area contributed by atoms with Gasteiger partial charge in [-0.2, -0.15) is 11.3 Å². The third kappa shape index (κ3) is 3.36. The number of thiophene rings is 1. The van der Waals surface area contributed by atoms with Crippen LogP contribution in [-0.4, -0.2) is 35.0 Å². The van der Waals surface area contributed by atoms with Gasteiger partial charge in [0, 0.05) is 18.5 Å². The van der Waals surface area contributed by atoms with Gasteiger partial charge < -0.3 is 10.0 Å². The number of hydrogen-bond donors (Lipinski definition) is 1. The monoisotopic (exact) mass is 227 g/mol. The molecule has 0 aliphatic carbocycles. The van der Waals surface area contributed by atoms with Crippen LogP contribution in [0.4, 0.5) is 0 Å².